The van der Waals surface area contributed by atoms with Gasteiger partial charge < -0.3 is 4.57 Å². The molecule has 0 radical (unpaired) electrons. The van der Waals surface area contributed by atoms with Crippen LogP contribution in [0.5, 0.6) is 0 Å². The molecule has 5 heteroatoms. The Hall–Kier alpha value is -8.54. The molecule has 0 spiro atoms. The van der Waals surface area contributed by atoms with Gasteiger partial charge in [-0.3, -0.25) is 4.98 Å². The molecule has 5 nitrogen and oxygen atoms in total. The number of hydrogen-bond donors (Lipinski definition) is 0. The van der Waals surface area contributed by atoms with Crippen LogP contribution < -0.4 is 0 Å². The number of rotatable bonds is 7. The molecule has 0 bridgehead atoms. The summed E-state index contributed by atoms with van der Waals surface area (Å²) < 4.78 is 2.40. The Bertz CT molecular complexity index is 3600. The number of nitrogens with zero attached hydrogens (tertiary/aromatic N) is 5. The smallest absolute Gasteiger partial charge is 0.164 e. The largest absolute Gasteiger partial charge is 0.309 e. The molecule has 0 aliphatic heterocycles. The average molecular weight is 804 g/mol. The molecule has 3 heterocycles. The Balaban J connectivity index is 1.000. The van der Waals surface area contributed by atoms with Gasteiger partial charge in [0.1, 0.15) is 0 Å². The van der Waals surface area contributed by atoms with Crippen LogP contribution in [-0.2, 0) is 0 Å². The van der Waals surface area contributed by atoms with Gasteiger partial charge in [0.15, 0.2) is 17.5 Å². The van der Waals surface area contributed by atoms with Crippen molar-refractivity contribution < 1.29 is 0 Å². The SMILES string of the molecule is c1ccc(-c2nc(-c3ccc(-c4c5ccccc5c(-c5ccc6c7ccccc7n(-c7ccccc7)c6c5)c5ccccc45)cc3)nc(-c3cccc(-c4ccncc4)c3)n2)cc1. The van der Waals surface area contributed by atoms with Gasteiger partial charge in [-0.15, -0.1) is 0 Å². The molecule has 0 saturated heterocycles. The second-order valence-electron chi connectivity index (χ2n) is 15.8. The van der Waals surface area contributed by atoms with E-state index in [9.17, 15) is 0 Å². The van der Waals surface area contributed by atoms with Crippen LogP contribution in [0.1, 0.15) is 0 Å². The Morgan fingerprint density at radius 2 is 0.730 bits per heavy atom. The monoisotopic (exact) mass is 803 g/mol. The summed E-state index contributed by atoms with van der Waals surface area (Å²) in [7, 11) is 0. The maximum absolute atomic E-state index is 5.11. The third-order valence-corrected chi connectivity index (χ3v) is 12.1. The van der Waals surface area contributed by atoms with Crippen LogP contribution in [0.2, 0.25) is 0 Å². The molecule has 294 valence electrons. The maximum Gasteiger partial charge on any atom is 0.164 e. The van der Waals surface area contributed by atoms with Crippen LogP contribution in [0.25, 0.3) is 117 Å². The van der Waals surface area contributed by atoms with Crippen LogP contribution in [0, 0.1) is 0 Å². The van der Waals surface area contributed by atoms with E-state index in [4.69, 9.17) is 15.0 Å². The molecule has 0 unspecified atom stereocenters. The summed E-state index contributed by atoms with van der Waals surface area (Å²) in [5, 5.41) is 7.30. The molecule has 0 amide bonds. The summed E-state index contributed by atoms with van der Waals surface area (Å²) in [5.74, 6) is 1.87. The van der Waals surface area contributed by atoms with Crippen molar-refractivity contribution in [2.45, 2.75) is 0 Å². The van der Waals surface area contributed by atoms with E-state index >= 15 is 0 Å². The van der Waals surface area contributed by atoms with E-state index in [0.717, 1.165) is 39.1 Å². The molecule has 0 aliphatic carbocycles. The van der Waals surface area contributed by atoms with Crippen LogP contribution in [0.15, 0.2) is 225 Å². The van der Waals surface area contributed by atoms with Gasteiger partial charge in [-0.2, -0.15) is 0 Å². The molecule has 0 saturated carbocycles. The minimum atomic E-state index is 0.619. The van der Waals surface area contributed by atoms with E-state index in [1.807, 2.05) is 60.9 Å². The lowest BCUT2D eigenvalue weighted by atomic mass is 9.85. The quantitative estimate of drug-likeness (QED) is 0.151. The van der Waals surface area contributed by atoms with Gasteiger partial charge in [0.05, 0.1) is 11.0 Å². The summed E-state index contributed by atoms with van der Waals surface area (Å²) in [5.41, 5.74) is 13.2. The summed E-state index contributed by atoms with van der Waals surface area (Å²) in [4.78, 5) is 19.4. The first kappa shape index (κ1) is 36.3. The highest BCUT2D eigenvalue weighted by Gasteiger charge is 2.20. The molecule has 3 aromatic heterocycles. The van der Waals surface area contributed by atoms with Crippen molar-refractivity contribution in [2.75, 3.05) is 0 Å². The molecule has 12 aromatic rings. The van der Waals surface area contributed by atoms with Crippen molar-refractivity contribution in [1.82, 2.24) is 24.5 Å². The zero-order chi connectivity index (χ0) is 41.7. The van der Waals surface area contributed by atoms with Crippen molar-refractivity contribution in [2.24, 2.45) is 0 Å². The van der Waals surface area contributed by atoms with Crippen LogP contribution in [0.3, 0.4) is 0 Å². The van der Waals surface area contributed by atoms with Crippen LogP contribution in [-0.4, -0.2) is 24.5 Å². The molecular weight excluding hydrogens is 767 g/mol. The predicted molar refractivity (Wildman–Crippen MR) is 260 cm³/mol. The van der Waals surface area contributed by atoms with E-state index in [-0.39, 0.29) is 0 Å². The summed E-state index contributed by atoms with van der Waals surface area (Å²) in [6, 6.07) is 75.2. The van der Waals surface area contributed by atoms with E-state index in [2.05, 4.69) is 173 Å². The third kappa shape index (κ3) is 6.34. The fraction of sp³-hybridized carbons (Fsp3) is 0. The summed E-state index contributed by atoms with van der Waals surface area (Å²) in [6.45, 7) is 0. The molecule has 12 rings (SSSR count). The first-order valence-electron chi connectivity index (χ1n) is 21.2. The third-order valence-electron chi connectivity index (χ3n) is 12.1. The molecule has 0 N–H and O–H groups in total. The first-order valence-corrected chi connectivity index (χ1v) is 21.2. The minimum absolute atomic E-state index is 0.619. The van der Waals surface area contributed by atoms with Crippen molar-refractivity contribution in [1.29, 1.82) is 0 Å². The van der Waals surface area contributed by atoms with Gasteiger partial charge in [0, 0.05) is 45.5 Å². The highest BCUT2D eigenvalue weighted by Crippen LogP contribution is 2.45. The lowest BCUT2D eigenvalue weighted by molar-refractivity contribution is 1.07. The second kappa shape index (κ2) is 15.2. The number of fused-ring (bicyclic) bond motifs is 5. The second-order valence-corrected chi connectivity index (χ2v) is 15.8. The normalized spacial score (nSPS) is 11.5. The van der Waals surface area contributed by atoms with E-state index in [1.54, 1.807) is 0 Å². The lowest BCUT2D eigenvalue weighted by Crippen LogP contribution is -2.00. The molecule has 0 fully saturated rings. The summed E-state index contributed by atoms with van der Waals surface area (Å²) in [6.07, 6.45) is 3.63. The van der Waals surface area contributed by atoms with E-state index < -0.39 is 0 Å². The maximum atomic E-state index is 5.11. The number of aromatic nitrogens is 5. The average Bonchev–Trinajstić information content (AvgIpc) is 3.70. The van der Waals surface area contributed by atoms with E-state index in [1.165, 1.54) is 60.0 Å². The summed E-state index contributed by atoms with van der Waals surface area (Å²) >= 11 is 0. The highest BCUT2D eigenvalue weighted by atomic mass is 15.0. The molecule has 9 aromatic carbocycles. The standard InChI is InChI=1S/C58H37N5/c1-3-14-40(15-4-1)56-60-57(62-58(61-56)44-17-13-16-42(36-44)38-32-34-59-35-33-38)41-28-26-39(27-29-41)54-48-21-7-9-23-50(48)55(51-24-10-8-22-49(51)54)43-30-31-47-46-20-11-12-25-52(46)63(53(47)37-43)45-18-5-2-6-19-45/h1-37H. The number of hydrogen-bond acceptors (Lipinski definition) is 4. The van der Waals surface area contributed by atoms with Crippen molar-refractivity contribution in [3.8, 4) is 73.2 Å². The lowest BCUT2D eigenvalue weighted by Gasteiger charge is -2.18. The predicted octanol–water partition coefficient (Wildman–Crippen LogP) is 14.7. The zero-order valence-electron chi connectivity index (χ0n) is 34.1. The molecule has 63 heavy (non-hydrogen) atoms. The van der Waals surface area contributed by atoms with Crippen LogP contribution >= 0.6 is 0 Å². The Morgan fingerprint density at radius 3 is 1.38 bits per heavy atom. The van der Waals surface area contributed by atoms with E-state index in [0.29, 0.717) is 17.5 Å². The number of benzene rings is 9. The fourth-order valence-electron chi connectivity index (χ4n) is 9.25. The molecule has 0 atom stereocenters. The van der Waals surface area contributed by atoms with Gasteiger partial charge in [-0.25, -0.2) is 15.0 Å². The Kier molecular flexibility index (Phi) is 8.75. The van der Waals surface area contributed by atoms with Crippen molar-refractivity contribution in [3.63, 3.8) is 0 Å². The number of pyridine rings is 1. The van der Waals surface area contributed by atoms with Crippen molar-refractivity contribution >= 4 is 43.4 Å². The number of para-hydroxylation sites is 2. The minimum Gasteiger partial charge on any atom is -0.309 e. The first-order chi connectivity index (χ1) is 31.2. The van der Waals surface area contributed by atoms with Gasteiger partial charge in [-0.1, -0.05) is 170 Å². The van der Waals surface area contributed by atoms with Gasteiger partial charge in [-0.05, 0) is 97.4 Å². The topological polar surface area (TPSA) is 56.5 Å². The fourth-order valence-corrected chi connectivity index (χ4v) is 9.25. The van der Waals surface area contributed by atoms with Crippen molar-refractivity contribution in [3.05, 3.63) is 225 Å². The Labute approximate surface area is 364 Å². The molecular formula is C58H37N5. The van der Waals surface area contributed by atoms with Gasteiger partial charge in [0.2, 0.25) is 0 Å². The highest BCUT2D eigenvalue weighted by molar-refractivity contribution is 6.22. The van der Waals surface area contributed by atoms with Crippen LogP contribution in [0.4, 0.5) is 0 Å². The van der Waals surface area contributed by atoms with Gasteiger partial charge in [0.25, 0.3) is 0 Å². The van der Waals surface area contributed by atoms with Gasteiger partial charge >= 0.3 is 0 Å². The zero-order valence-corrected chi connectivity index (χ0v) is 34.1. The Morgan fingerprint density at radius 1 is 0.270 bits per heavy atom. The molecule has 0 aliphatic rings.